The molecule has 1 aliphatic rings. The van der Waals surface area contributed by atoms with E-state index in [4.69, 9.17) is 9.47 Å². The van der Waals surface area contributed by atoms with Gasteiger partial charge in [0.15, 0.2) is 0 Å². The van der Waals surface area contributed by atoms with Crippen LogP contribution in [0, 0.1) is 5.82 Å². The number of benzene rings is 3. The number of hydrogen-bond acceptors (Lipinski definition) is 5. The van der Waals surface area contributed by atoms with Gasteiger partial charge in [-0.2, -0.15) is 0 Å². The second-order valence-corrected chi connectivity index (χ2v) is 8.08. The fourth-order valence-electron chi connectivity index (χ4n) is 4.01. The molecule has 0 unspecified atom stereocenters. The van der Waals surface area contributed by atoms with Gasteiger partial charge >= 0.3 is 5.97 Å². The van der Waals surface area contributed by atoms with E-state index in [1.807, 2.05) is 36.4 Å². The molecule has 1 aliphatic carbocycles. The normalized spacial score (nSPS) is 14.0. The zero-order valence-electron chi connectivity index (χ0n) is 18.2. The van der Waals surface area contributed by atoms with E-state index in [-0.39, 0.29) is 17.3 Å². The maximum absolute atomic E-state index is 13.7. The van der Waals surface area contributed by atoms with Crippen LogP contribution in [0.4, 0.5) is 10.2 Å². The Balaban J connectivity index is 1.47. The minimum Gasteiger partial charge on any atom is -0.462 e. The standard InChI is InChI=1S/C27H23FN2O3/c1-2-32-26(31)19-9-11-20(12-10-19)27(14-15-27)30-25-24-18(13-16-29-25)5-3-8-23(24)33-22-7-4-6-21(28)17-22/h3-13,16-17H,2,14-15H2,1H3,(H,29,30). The van der Waals surface area contributed by atoms with E-state index in [9.17, 15) is 9.18 Å². The molecule has 33 heavy (non-hydrogen) atoms. The number of carbonyl (C=O) groups excluding carboxylic acids is 1. The lowest BCUT2D eigenvalue weighted by Crippen LogP contribution is -2.20. The van der Waals surface area contributed by atoms with Gasteiger partial charge in [0.05, 0.1) is 23.1 Å². The molecule has 6 heteroatoms. The van der Waals surface area contributed by atoms with E-state index in [2.05, 4.69) is 10.3 Å². The minimum atomic E-state index is -0.354. The third kappa shape index (κ3) is 4.24. The van der Waals surface area contributed by atoms with Crippen molar-refractivity contribution in [1.82, 2.24) is 4.98 Å². The molecule has 1 N–H and O–H groups in total. The Kier molecular flexibility index (Phi) is 5.42. The van der Waals surface area contributed by atoms with E-state index in [1.165, 1.54) is 12.1 Å². The van der Waals surface area contributed by atoms with Gasteiger partial charge in [0.1, 0.15) is 23.1 Å². The van der Waals surface area contributed by atoms with Crippen molar-refractivity contribution in [1.29, 1.82) is 0 Å². The zero-order valence-corrected chi connectivity index (χ0v) is 18.2. The Morgan fingerprint density at radius 3 is 2.58 bits per heavy atom. The number of carbonyl (C=O) groups is 1. The van der Waals surface area contributed by atoms with Crippen molar-refractivity contribution in [2.45, 2.75) is 25.3 Å². The van der Waals surface area contributed by atoms with Crippen molar-refractivity contribution in [3.8, 4) is 11.5 Å². The number of ether oxygens (including phenoxy) is 2. The number of esters is 1. The summed E-state index contributed by atoms with van der Waals surface area (Å²) in [6.07, 6.45) is 3.64. The minimum absolute atomic E-state index is 0.263. The Hall–Kier alpha value is -3.93. The van der Waals surface area contributed by atoms with Gasteiger partial charge in [-0.1, -0.05) is 30.3 Å². The van der Waals surface area contributed by atoms with Gasteiger partial charge in [-0.15, -0.1) is 0 Å². The zero-order chi connectivity index (χ0) is 22.8. The Labute approximate surface area is 191 Å². The molecule has 0 saturated heterocycles. The summed E-state index contributed by atoms with van der Waals surface area (Å²) in [5.74, 6) is 1.05. The van der Waals surface area contributed by atoms with Gasteiger partial charge in [0, 0.05) is 12.3 Å². The number of nitrogens with zero attached hydrogens (tertiary/aromatic N) is 1. The first-order valence-electron chi connectivity index (χ1n) is 10.9. The van der Waals surface area contributed by atoms with Crippen molar-refractivity contribution in [3.63, 3.8) is 0 Å². The number of rotatable bonds is 7. The smallest absolute Gasteiger partial charge is 0.338 e. The lowest BCUT2D eigenvalue weighted by atomic mass is 10.0. The van der Waals surface area contributed by atoms with E-state index < -0.39 is 0 Å². The molecule has 1 fully saturated rings. The monoisotopic (exact) mass is 442 g/mol. The molecule has 0 radical (unpaired) electrons. The maximum Gasteiger partial charge on any atom is 0.338 e. The van der Waals surface area contributed by atoms with Gasteiger partial charge < -0.3 is 14.8 Å². The molecule has 0 aliphatic heterocycles. The van der Waals surface area contributed by atoms with Crippen molar-refractivity contribution in [2.75, 3.05) is 11.9 Å². The summed E-state index contributed by atoms with van der Waals surface area (Å²) in [4.78, 5) is 16.6. The summed E-state index contributed by atoms with van der Waals surface area (Å²) >= 11 is 0. The van der Waals surface area contributed by atoms with Crippen molar-refractivity contribution in [2.24, 2.45) is 0 Å². The lowest BCUT2D eigenvalue weighted by molar-refractivity contribution is 0.0526. The summed E-state index contributed by atoms with van der Waals surface area (Å²) in [5.41, 5.74) is 1.35. The van der Waals surface area contributed by atoms with Crippen LogP contribution in [0.1, 0.15) is 35.7 Å². The molecular formula is C27H23FN2O3. The average molecular weight is 442 g/mol. The van der Waals surface area contributed by atoms with Crippen molar-refractivity contribution < 1.29 is 18.7 Å². The number of fused-ring (bicyclic) bond motifs is 1. The number of hydrogen-bond donors (Lipinski definition) is 1. The van der Waals surface area contributed by atoms with E-state index >= 15 is 0 Å². The Bertz CT molecular complexity index is 1310. The summed E-state index contributed by atoms with van der Waals surface area (Å²) in [7, 11) is 0. The second kappa shape index (κ2) is 8.54. The van der Waals surface area contributed by atoms with Crippen LogP contribution >= 0.6 is 0 Å². The molecule has 0 atom stereocenters. The van der Waals surface area contributed by atoms with Gasteiger partial charge in [-0.25, -0.2) is 14.2 Å². The number of nitrogens with one attached hydrogen (secondary N) is 1. The van der Waals surface area contributed by atoms with Crippen LogP contribution in [0.5, 0.6) is 11.5 Å². The molecule has 4 aromatic rings. The highest BCUT2D eigenvalue weighted by molar-refractivity contribution is 5.97. The number of anilines is 1. The fourth-order valence-corrected chi connectivity index (χ4v) is 4.01. The molecule has 5 nitrogen and oxygen atoms in total. The van der Waals surface area contributed by atoms with Gasteiger partial charge in [-0.05, 0) is 67.1 Å². The Morgan fingerprint density at radius 2 is 1.85 bits per heavy atom. The first-order chi connectivity index (χ1) is 16.1. The van der Waals surface area contributed by atoms with Crippen LogP contribution in [-0.2, 0) is 10.3 Å². The van der Waals surface area contributed by atoms with Crippen molar-refractivity contribution in [3.05, 3.63) is 95.9 Å². The molecule has 1 heterocycles. The molecule has 0 bridgehead atoms. The average Bonchev–Trinajstić information content (AvgIpc) is 3.60. The second-order valence-electron chi connectivity index (χ2n) is 8.08. The summed E-state index contributed by atoms with van der Waals surface area (Å²) in [6, 6.07) is 21.3. The number of pyridine rings is 1. The van der Waals surface area contributed by atoms with Crippen LogP contribution in [0.15, 0.2) is 79.0 Å². The first kappa shape index (κ1) is 20.9. The summed E-state index contributed by atoms with van der Waals surface area (Å²) < 4.78 is 24.8. The van der Waals surface area contributed by atoms with Crippen LogP contribution in [0.2, 0.25) is 0 Å². The predicted octanol–water partition coefficient (Wildman–Crippen LogP) is 6.44. The molecule has 5 rings (SSSR count). The first-order valence-corrected chi connectivity index (χ1v) is 10.9. The summed E-state index contributed by atoms with van der Waals surface area (Å²) in [6.45, 7) is 2.14. The molecule has 1 aromatic heterocycles. The highest BCUT2D eigenvalue weighted by atomic mass is 19.1. The third-order valence-electron chi connectivity index (χ3n) is 5.83. The summed E-state index contributed by atoms with van der Waals surface area (Å²) in [5, 5.41) is 5.42. The topological polar surface area (TPSA) is 60.5 Å². The van der Waals surface area contributed by atoms with Crippen LogP contribution in [0.3, 0.4) is 0 Å². The molecule has 0 amide bonds. The van der Waals surface area contributed by atoms with Gasteiger partial charge in [0.25, 0.3) is 0 Å². The Morgan fingerprint density at radius 1 is 1.06 bits per heavy atom. The molecular weight excluding hydrogens is 419 g/mol. The van der Waals surface area contributed by atoms with Crippen molar-refractivity contribution >= 4 is 22.6 Å². The fraction of sp³-hybridized carbons (Fsp3) is 0.185. The van der Waals surface area contributed by atoms with Gasteiger partial charge in [-0.3, -0.25) is 0 Å². The highest BCUT2D eigenvalue weighted by Gasteiger charge is 2.45. The lowest BCUT2D eigenvalue weighted by Gasteiger charge is -2.21. The molecule has 166 valence electrons. The SMILES string of the molecule is CCOC(=O)c1ccc(C2(Nc3nccc4cccc(Oc5cccc(F)c5)c34)CC2)cc1. The quantitative estimate of drug-likeness (QED) is 0.334. The largest absolute Gasteiger partial charge is 0.462 e. The highest BCUT2D eigenvalue weighted by Crippen LogP contribution is 2.49. The van der Waals surface area contributed by atoms with Crippen LogP contribution in [0.25, 0.3) is 10.8 Å². The van der Waals surface area contributed by atoms with E-state index in [1.54, 1.807) is 37.4 Å². The number of aromatic nitrogens is 1. The maximum atomic E-state index is 13.7. The molecule has 1 saturated carbocycles. The molecule has 3 aromatic carbocycles. The third-order valence-corrected chi connectivity index (χ3v) is 5.83. The molecule has 0 spiro atoms. The predicted molar refractivity (Wildman–Crippen MR) is 125 cm³/mol. The van der Waals surface area contributed by atoms with Crippen LogP contribution in [-0.4, -0.2) is 17.6 Å². The van der Waals surface area contributed by atoms with E-state index in [0.717, 1.165) is 29.2 Å². The van der Waals surface area contributed by atoms with E-state index in [0.29, 0.717) is 29.5 Å². The van der Waals surface area contributed by atoms with Gasteiger partial charge in [0.2, 0.25) is 0 Å². The number of halogens is 1. The van der Waals surface area contributed by atoms with Crippen LogP contribution < -0.4 is 10.1 Å².